The molecule has 1 atom stereocenters. The molecule has 0 N–H and O–H groups in total. The molecule has 0 aliphatic carbocycles. The van der Waals surface area contributed by atoms with Gasteiger partial charge >= 0.3 is 6.09 Å². The third-order valence-electron chi connectivity index (χ3n) is 3.97. The van der Waals surface area contributed by atoms with E-state index in [0.717, 1.165) is 12.0 Å². The first-order valence-corrected chi connectivity index (χ1v) is 6.73. The number of rotatable bonds is 2. The van der Waals surface area contributed by atoms with Crippen molar-refractivity contribution in [3.05, 3.63) is 35.9 Å². The summed E-state index contributed by atoms with van der Waals surface area (Å²) in [4.78, 5) is 13.5. The maximum absolute atomic E-state index is 11.9. The van der Waals surface area contributed by atoms with Gasteiger partial charge in [-0.25, -0.2) is 4.79 Å². The molecule has 5 heteroatoms. The van der Waals surface area contributed by atoms with E-state index in [0.29, 0.717) is 19.7 Å². The number of amides is 1. The Kier molecular flexibility index (Phi) is 3.33. The molecule has 2 saturated heterocycles. The van der Waals surface area contributed by atoms with Crippen molar-refractivity contribution in [2.75, 3.05) is 19.7 Å². The van der Waals surface area contributed by atoms with Crippen molar-refractivity contribution in [1.29, 1.82) is 5.26 Å². The fourth-order valence-corrected chi connectivity index (χ4v) is 2.78. The molecule has 2 fully saturated rings. The number of ether oxygens (including phenoxy) is 2. The second-order valence-electron chi connectivity index (χ2n) is 5.28. The van der Waals surface area contributed by atoms with Crippen molar-refractivity contribution in [2.24, 2.45) is 5.92 Å². The third-order valence-corrected chi connectivity index (χ3v) is 3.97. The van der Waals surface area contributed by atoms with Crippen molar-refractivity contribution in [2.45, 2.75) is 18.6 Å². The third kappa shape index (κ3) is 2.23. The number of hydrogen-bond acceptors (Lipinski definition) is 4. The summed E-state index contributed by atoms with van der Waals surface area (Å²) in [5.74, 6) is -0.110. The van der Waals surface area contributed by atoms with Crippen molar-refractivity contribution < 1.29 is 14.3 Å². The number of carbonyl (C=O) groups is 1. The van der Waals surface area contributed by atoms with Gasteiger partial charge in [0.25, 0.3) is 0 Å². The van der Waals surface area contributed by atoms with Crippen LogP contribution in [0.25, 0.3) is 0 Å². The van der Waals surface area contributed by atoms with Gasteiger partial charge in [-0.1, -0.05) is 30.3 Å². The highest BCUT2D eigenvalue weighted by Gasteiger charge is 2.55. The van der Waals surface area contributed by atoms with Gasteiger partial charge in [0, 0.05) is 6.61 Å². The van der Waals surface area contributed by atoms with Gasteiger partial charge in [0.2, 0.25) is 0 Å². The van der Waals surface area contributed by atoms with Crippen molar-refractivity contribution in [3.63, 3.8) is 0 Å². The molecule has 0 saturated carbocycles. The van der Waals surface area contributed by atoms with E-state index in [9.17, 15) is 4.79 Å². The van der Waals surface area contributed by atoms with E-state index >= 15 is 0 Å². The zero-order valence-corrected chi connectivity index (χ0v) is 11.1. The lowest BCUT2D eigenvalue weighted by Gasteiger charge is -2.47. The number of likely N-dealkylation sites (tertiary alicyclic amines) is 1. The van der Waals surface area contributed by atoms with Gasteiger partial charge in [0.1, 0.15) is 12.2 Å². The first-order chi connectivity index (χ1) is 9.73. The minimum atomic E-state index is -0.444. The topological polar surface area (TPSA) is 62.6 Å². The van der Waals surface area contributed by atoms with E-state index in [1.807, 2.05) is 30.3 Å². The average Bonchev–Trinajstić information content (AvgIpc) is 2.88. The molecular weight excluding hydrogens is 256 g/mol. The van der Waals surface area contributed by atoms with E-state index in [1.165, 1.54) is 0 Å². The van der Waals surface area contributed by atoms with Gasteiger partial charge < -0.3 is 14.4 Å². The summed E-state index contributed by atoms with van der Waals surface area (Å²) in [6.45, 7) is 1.79. The second kappa shape index (κ2) is 5.14. The molecule has 1 unspecified atom stereocenters. The molecule has 104 valence electrons. The molecule has 1 spiro atoms. The maximum Gasteiger partial charge on any atom is 0.410 e. The predicted octanol–water partition coefficient (Wildman–Crippen LogP) is 1.94. The molecule has 2 heterocycles. The van der Waals surface area contributed by atoms with E-state index in [-0.39, 0.29) is 18.6 Å². The summed E-state index contributed by atoms with van der Waals surface area (Å²) in [6, 6.07) is 11.8. The zero-order valence-electron chi connectivity index (χ0n) is 11.1. The normalized spacial score (nSPS) is 23.1. The highest BCUT2D eigenvalue weighted by atomic mass is 16.6. The van der Waals surface area contributed by atoms with Crippen LogP contribution >= 0.6 is 0 Å². The van der Waals surface area contributed by atoms with E-state index in [4.69, 9.17) is 14.7 Å². The summed E-state index contributed by atoms with van der Waals surface area (Å²) in [5, 5.41) is 9.08. The maximum atomic E-state index is 11.9. The van der Waals surface area contributed by atoms with Crippen LogP contribution in [0, 0.1) is 17.2 Å². The number of hydrogen-bond donors (Lipinski definition) is 0. The summed E-state index contributed by atoms with van der Waals surface area (Å²) < 4.78 is 10.9. The zero-order chi connectivity index (χ0) is 14.0. The highest BCUT2D eigenvalue weighted by molar-refractivity contribution is 5.69. The van der Waals surface area contributed by atoms with Crippen LogP contribution in [0.5, 0.6) is 0 Å². The standard InChI is InChI=1S/C15H16N2O3/c16-8-13-6-7-20-15(13)10-17(11-15)14(18)19-9-12-4-2-1-3-5-12/h1-5,13H,6-7,9-11H2. The smallest absolute Gasteiger partial charge is 0.410 e. The molecule has 1 aromatic rings. The average molecular weight is 272 g/mol. The fraction of sp³-hybridized carbons (Fsp3) is 0.467. The molecule has 2 aliphatic rings. The largest absolute Gasteiger partial charge is 0.445 e. The molecule has 3 rings (SSSR count). The number of nitriles is 1. The van der Waals surface area contributed by atoms with Crippen LogP contribution in [0.3, 0.4) is 0 Å². The van der Waals surface area contributed by atoms with Gasteiger partial charge in [0.05, 0.1) is 25.1 Å². The van der Waals surface area contributed by atoms with Crippen molar-refractivity contribution in [1.82, 2.24) is 4.90 Å². The molecule has 1 aromatic carbocycles. The molecule has 0 bridgehead atoms. The first kappa shape index (κ1) is 12.9. The van der Waals surface area contributed by atoms with Crippen molar-refractivity contribution >= 4 is 6.09 Å². The minimum absolute atomic E-state index is 0.110. The summed E-state index contributed by atoms with van der Waals surface area (Å²) in [5.41, 5.74) is 0.517. The van der Waals surface area contributed by atoms with Crippen LogP contribution in [0.15, 0.2) is 30.3 Å². The van der Waals surface area contributed by atoms with Gasteiger partial charge in [-0.2, -0.15) is 5.26 Å². The predicted molar refractivity (Wildman–Crippen MR) is 70.6 cm³/mol. The Labute approximate surface area is 117 Å². The van der Waals surface area contributed by atoms with Crippen LogP contribution < -0.4 is 0 Å². The van der Waals surface area contributed by atoms with Crippen LogP contribution in [-0.4, -0.2) is 36.3 Å². The van der Waals surface area contributed by atoms with Gasteiger partial charge in [-0.05, 0) is 12.0 Å². The van der Waals surface area contributed by atoms with Crippen LogP contribution in [0.2, 0.25) is 0 Å². The Morgan fingerprint density at radius 1 is 1.45 bits per heavy atom. The van der Waals surface area contributed by atoms with Crippen LogP contribution in [-0.2, 0) is 16.1 Å². The van der Waals surface area contributed by atoms with Crippen LogP contribution in [0.4, 0.5) is 4.79 Å². The molecule has 5 nitrogen and oxygen atoms in total. The lowest BCUT2D eigenvalue weighted by molar-refractivity contribution is -0.114. The number of carbonyl (C=O) groups excluding carboxylic acids is 1. The Hall–Kier alpha value is -2.06. The molecule has 2 aliphatic heterocycles. The quantitative estimate of drug-likeness (QED) is 0.825. The Bertz CT molecular complexity index is 532. The lowest BCUT2D eigenvalue weighted by atomic mass is 9.82. The highest BCUT2D eigenvalue weighted by Crippen LogP contribution is 2.39. The second-order valence-corrected chi connectivity index (χ2v) is 5.28. The van der Waals surface area contributed by atoms with Gasteiger partial charge in [0.15, 0.2) is 0 Å². The number of benzene rings is 1. The number of nitrogens with zero attached hydrogens (tertiary/aromatic N) is 2. The van der Waals surface area contributed by atoms with E-state index in [1.54, 1.807) is 4.90 Å². The summed E-state index contributed by atoms with van der Waals surface area (Å²) in [6.07, 6.45) is 0.412. The first-order valence-electron chi connectivity index (χ1n) is 6.73. The van der Waals surface area contributed by atoms with Gasteiger partial charge in [-0.3, -0.25) is 0 Å². The fourth-order valence-electron chi connectivity index (χ4n) is 2.78. The Morgan fingerprint density at radius 3 is 2.90 bits per heavy atom. The van der Waals surface area contributed by atoms with E-state index in [2.05, 4.69) is 6.07 Å². The Morgan fingerprint density at radius 2 is 2.20 bits per heavy atom. The molecular formula is C15H16N2O3. The monoisotopic (exact) mass is 272 g/mol. The lowest BCUT2D eigenvalue weighted by Crippen LogP contribution is -2.65. The molecule has 0 radical (unpaired) electrons. The SMILES string of the molecule is N#CC1CCOC12CN(C(=O)OCc1ccccc1)C2. The van der Waals surface area contributed by atoms with E-state index < -0.39 is 5.60 Å². The molecule has 0 aromatic heterocycles. The Balaban J connectivity index is 1.50. The molecule has 20 heavy (non-hydrogen) atoms. The molecule has 1 amide bonds. The van der Waals surface area contributed by atoms with Gasteiger partial charge in [-0.15, -0.1) is 0 Å². The summed E-state index contributed by atoms with van der Waals surface area (Å²) >= 11 is 0. The van der Waals surface area contributed by atoms with Crippen LogP contribution in [0.1, 0.15) is 12.0 Å². The van der Waals surface area contributed by atoms with Crippen molar-refractivity contribution in [3.8, 4) is 6.07 Å². The minimum Gasteiger partial charge on any atom is -0.445 e. The summed E-state index contributed by atoms with van der Waals surface area (Å²) in [7, 11) is 0.